The summed E-state index contributed by atoms with van der Waals surface area (Å²) in [6.07, 6.45) is 1.92. The minimum atomic E-state index is -0.540. The zero-order chi connectivity index (χ0) is 12.5. The van der Waals surface area contributed by atoms with Gasteiger partial charge in [-0.3, -0.25) is 0 Å². The Morgan fingerprint density at radius 2 is 1.61 bits per heavy atom. The molecule has 0 bridgehead atoms. The van der Waals surface area contributed by atoms with E-state index in [2.05, 4.69) is 0 Å². The Kier molecular flexibility index (Phi) is 2.59. The molecule has 3 rings (SSSR count). The van der Waals surface area contributed by atoms with Gasteiger partial charge in [-0.2, -0.15) is 0 Å². The van der Waals surface area contributed by atoms with Crippen molar-refractivity contribution in [3.8, 4) is 0 Å². The number of benzene rings is 2. The lowest BCUT2D eigenvalue weighted by Crippen LogP contribution is -1.99. The molecule has 0 radical (unpaired) electrons. The van der Waals surface area contributed by atoms with Crippen molar-refractivity contribution in [1.82, 2.24) is 4.57 Å². The first-order valence-electron chi connectivity index (χ1n) is 5.71. The third-order valence-electron chi connectivity index (χ3n) is 2.96. The van der Waals surface area contributed by atoms with Crippen LogP contribution in [0.25, 0.3) is 10.9 Å². The van der Waals surface area contributed by atoms with E-state index in [0.29, 0.717) is 12.1 Å². The first kappa shape index (κ1) is 11.0. The Morgan fingerprint density at radius 1 is 0.889 bits per heavy atom. The fraction of sp³-hybridized carbons (Fsp3) is 0.0667. The molecule has 90 valence electrons. The second-order valence-electron chi connectivity index (χ2n) is 4.28. The van der Waals surface area contributed by atoms with E-state index in [1.165, 1.54) is 12.1 Å². The van der Waals surface area contributed by atoms with Gasteiger partial charge in [-0.1, -0.05) is 18.2 Å². The van der Waals surface area contributed by atoms with Gasteiger partial charge < -0.3 is 4.57 Å². The summed E-state index contributed by atoms with van der Waals surface area (Å²) in [7, 11) is 0. The van der Waals surface area contributed by atoms with Crippen LogP contribution in [0.4, 0.5) is 8.78 Å². The van der Waals surface area contributed by atoms with E-state index in [1.54, 1.807) is 0 Å². The molecular formula is C15H11F2N. The predicted octanol–water partition coefficient (Wildman–Crippen LogP) is 3.97. The molecule has 0 N–H and O–H groups in total. The Hall–Kier alpha value is -2.16. The monoisotopic (exact) mass is 243 g/mol. The summed E-state index contributed by atoms with van der Waals surface area (Å²) in [6, 6.07) is 13.5. The quantitative estimate of drug-likeness (QED) is 0.642. The molecule has 0 fully saturated rings. The third-order valence-corrected chi connectivity index (χ3v) is 2.96. The number of aromatic nitrogens is 1. The molecular weight excluding hydrogens is 232 g/mol. The minimum Gasteiger partial charge on any atom is -0.343 e. The van der Waals surface area contributed by atoms with Crippen molar-refractivity contribution >= 4 is 10.9 Å². The van der Waals surface area contributed by atoms with Crippen molar-refractivity contribution in [1.29, 1.82) is 0 Å². The summed E-state index contributed by atoms with van der Waals surface area (Å²) in [6.45, 7) is 0.461. The van der Waals surface area contributed by atoms with Gasteiger partial charge in [-0.05, 0) is 35.2 Å². The molecule has 0 unspecified atom stereocenters. The van der Waals surface area contributed by atoms with E-state index in [4.69, 9.17) is 0 Å². The average Bonchev–Trinajstić information content (AvgIpc) is 2.72. The van der Waals surface area contributed by atoms with E-state index < -0.39 is 11.6 Å². The molecule has 0 aliphatic rings. The molecule has 0 amide bonds. The summed E-state index contributed by atoms with van der Waals surface area (Å²) < 4.78 is 28.2. The maximum atomic E-state index is 13.1. The van der Waals surface area contributed by atoms with Gasteiger partial charge in [-0.15, -0.1) is 0 Å². The fourth-order valence-corrected chi connectivity index (χ4v) is 2.18. The first-order valence-corrected chi connectivity index (χ1v) is 5.71. The van der Waals surface area contributed by atoms with Crippen LogP contribution in [0, 0.1) is 11.6 Å². The average molecular weight is 243 g/mol. The number of hydrogen-bond acceptors (Lipinski definition) is 0. The zero-order valence-electron chi connectivity index (χ0n) is 9.61. The van der Waals surface area contributed by atoms with E-state index in [9.17, 15) is 8.78 Å². The molecule has 1 aromatic heterocycles. The van der Waals surface area contributed by atoms with Crippen LogP contribution < -0.4 is 0 Å². The number of hydrogen-bond donors (Lipinski definition) is 0. The molecule has 2 aromatic carbocycles. The Bertz CT molecular complexity index is 680. The van der Waals surface area contributed by atoms with E-state index in [-0.39, 0.29) is 0 Å². The summed E-state index contributed by atoms with van der Waals surface area (Å²) in [5, 5.41) is 1.12. The van der Waals surface area contributed by atoms with Crippen LogP contribution in [0.15, 0.2) is 54.7 Å². The minimum absolute atomic E-state index is 0.461. The van der Waals surface area contributed by atoms with Gasteiger partial charge in [0.05, 0.1) is 0 Å². The van der Waals surface area contributed by atoms with E-state index >= 15 is 0 Å². The van der Waals surface area contributed by atoms with Crippen LogP contribution in [0.5, 0.6) is 0 Å². The Morgan fingerprint density at radius 3 is 2.39 bits per heavy atom. The third kappa shape index (κ3) is 1.99. The van der Waals surface area contributed by atoms with Crippen LogP contribution in [0.3, 0.4) is 0 Å². The lowest BCUT2D eigenvalue weighted by molar-refractivity contribution is 0.578. The smallest absolute Gasteiger partial charge is 0.126 e. The highest BCUT2D eigenvalue weighted by atomic mass is 19.1. The van der Waals surface area contributed by atoms with Gasteiger partial charge in [0.15, 0.2) is 0 Å². The predicted molar refractivity (Wildman–Crippen MR) is 67.4 cm³/mol. The number of halogens is 2. The van der Waals surface area contributed by atoms with E-state index in [1.807, 2.05) is 41.1 Å². The number of rotatable bonds is 2. The lowest BCUT2D eigenvalue weighted by atomic mass is 10.2. The van der Waals surface area contributed by atoms with Crippen molar-refractivity contribution in [3.63, 3.8) is 0 Å². The first-order chi connectivity index (χ1) is 8.72. The van der Waals surface area contributed by atoms with Crippen LogP contribution in [-0.4, -0.2) is 4.57 Å². The molecule has 0 aliphatic carbocycles. The van der Waals surface area contributed by atoms with Gasteiger partial charge in [0.25, 0.3) is 0 Å². The van der Waals surface area contributed by atoms with Gasteiger partial charge in [0.2, 0.25) is 0 Å². The highest BCUT2D eigenvalue weighted by Crippen LogP contribution is 2.17. The number of para-hydroxylation sites is 1. The van der Waals surface area contributed by atoms with Gasteiger partial charge >= 0.3 is 0 Å². The molecule has 0 atom stereocenters. The van der Waals surface area contributed by atoms with E-state index in [0.717, 1.165) is 17.0 Å². The topological polar surface area (TPSA) is 4.93 Å². The summed E-state index contributed by atoms with van der Waals surface area (Å²) in [4.78, 5) is 0. The summed E-state index contributed by atoms with van der Waals surface area (Å²) in [5.41, 5.74) is 1.68. The molecule has 1 nitrogen and oxygen atoms in total. The molecule has 0 saturated heterocycles. The summed E-state index contributed by atoms with van der Waals surface area (Å²) in [5.74, 6) is -1.08. The number of fused-ring (bicyclic) bond motifs is 1. The largest absolute Gasteiger partial charge is 0.343 e. The molecule has 0 aliphatic heterocycles. The SMILES string of the molecule is Fc1cc(F)cc(Cn2ccc3ccccc32)c1. The lowest BCUT2D eigenvalue weighted by Gasteiger charge is -2.06. The number of nitrogens with zero attached hydrogens (tertiary/aromatic N) is 1. The van der Waals surface area contributed by atoms with Crippen LogP contribution in [0.2, 0.25) is 0 Å². The van der Waals surface area contributed by atoms with Crippen molar-refractivity contribution in [3.05, 3.63) is 71.9 Å². The Labute approximate surface area is 103 Å². The highest BCUT2D eigenvalue weighted by molar-refractivity contribution is 5.79. The molecule has 3 heteroatoms. The zero-order valence-corrected chi connectivity index (χ0v) is 9.61. The van der Waals surface area contributed by atoms with Crippen molar-refractivity contribution in [2.75, 3.05) is 0 Å². The van der Waals surface area contributed by atoms with Gasteiger partial charge in [-0.25, -0.2) is 8.78 Å². The van der Waals surface area contributed by atoms with Crippen LogP contribution in [0.1, 0.15) is 5.56 Å². The standard InChI is InChI=1S/C15H11F2N/c16-13-7-11(8-14(17)9-13)10-18-6-5-12-3-1-2-4-15(12)18/h1-9H,10H2. The molecule has 0 spiro atoms. The normalized spacial score (nSPS) is 11.0. The van der Waals surface area contributed by atoms with Crippen LogP contribution in [-0.2, 0) is 6.54 Å². The molecule has 0 saturated carbocycles. The van der Waals surface area contributed by atoms with Gasteiger partial charge in [0, 0.05) is 24.3 Å². The second-order valence-corrected chi connectivity index (χ2v) is 4.28. The van der Waals surface area contributed by atoms with Gasteiger partial charge in [0.1, 0.15) is 11.6 Å². The molecule has 1 heterocycles. The molecule has 3 aromatic rings. The molecule has 18 heavy (non-hydrogen) atoms. The fourth-order valence-electron chi connectivity index (χ4n) is 2.18. The second kappa shape index (κ2) is 4.26. The summed E-state index contributed by atoms with van der Waals surface area (Å²) >= 11 is 0. The Balaban J connectivity index is 2.01. The highest BCUT2D eigenvalue weighted by Gasteiger charge is 2.04. The van der Waals surface area contributed by atoms with Crippen molar-refractivity contribution < 1.29 is 8.78 Å². The van der Waals surface area contributed by atoms with Crippen molar-refractivity contribution in [2.45, 2.75) is 6.54 Å². The maximum absolute atomic E-state index is 13.1. The maximum Gasteiger partial charge on any atom is 0.126 e. The van der Waals surface area contributed by atoms with Crippen LogP contribution >= 0.6 is 0 Å². The van der Waals surface area contributed by atoms with Crippen molar-refractivity contribution in [2.24, 2.45) is 0 Å².